The first-order valence-electron chi connectivity index (χ1n) is 9.17. The van der Waals surface area contributed by atoms with Crippen molar-refractivity contribution in [1.82, 2.24) is 0 Å². The Hall–Kier alpha value is -3.12. The van der Waals surface area contributed by atoms with Gasteiger partial charge in [-0.05, 0) is 45.8 Å². The molecule has 2 heteroatoms. The van der Waals surface area contributed by atoms with Gasteiger partial charge in [0, 0.05) is 42.1 Å². The van der Waals surface area contributed by atoms with E-state index in [1.54, 1.807) is 22.7 Å². The van der Waals surface area contributed by atoms with E-state index in [0.717, 1.165) is 11.1 Å². The minimum atomic E-state index is 1.12. The summed E-state index contributed by atoms with van der Waals surface area (Å²) < 4.78 is 2.59. The van der Waals surface area contributed by atoms with Crippen molar-refractivity contribution in [3.63, 3.8) is 0 Å². The predicted molar refractivity (Wildman–Crippen MR) is 125 cm³/mol. The van der Waals surface area contributed by atoms with Gasteiger partial charge in [-0.25, -0.2) is 0 Å². The first-order chi connectivity index (χ1) is 13.8. The van der Waals surface area contributed by atoms with Crippen molar-refractivity contribution in [3.05, 3.63) is 94.7 Å². The average molecular weight is 391 g/mol. The highest BCUT2D eigenvalue weighted by atomic mass is 32.1. The van der Waals surface area contributed by atoms with Crippen LogP contribution in [0.4, 0.5) is 0 Å². The first-order valence-corrected chi connectivity index (χ1v) is 10.9. The van der Waals surface area contributed by atoms with E-state index >= 15 is 0 Å². The SMILES string of the molecule is C(#Cc1csc2cc3ccccc3cc12)c1csc2cc3ccccc3cc12. The summed E-state index contributed by atoms with van der Waals surface area (Å²) in [6.07, 6.45) is 0. The normalized spacial score (nSPS) is 11.3. The molecule has 0 fully saturated rings. The van der Waals surface area contributed by atoms with Crippen molar-refractivity contribution in [2.75, 3.05) is 0 Å². The molecule has 0 atom stereocenters. The molecular weight excluding hydrogens is 376 g/mol. The summed E-state index contributed by atoms with van der Waals surface area (Å²) in [7, 11) is 0. The van der Waals surface area contributed by atoms with Crippen LogP contribution in [0, 0.1) is 11.8 Å². The summed E-state index contributed by atoms with van der Waals surface area (Å²) in [6.45, 7) is 0. The molecule has 0 aliphatic carbocycles. The number of rotatable bonds is 0. The lowest BCUT2D eigenvalue weighted by Crippen LogP contribution is -1.76. The molecule has 0 nitrogen and oxygen atoms in total. The molecule has 130 valence electrons. The van der Waals surface area contributed by atoms with Crippen molar-refractivity contribution in [1.29, 1.82) is 0 Å². The van der Waals surface area contributed by atoms with E-state index in [0.29, 0.717) is 0 Å². The zero-order valence-electron chi connectivity index (χ0n) is 14.9. The molecular formula is C26H14S2. The van der Waals surface area contributed by atoms with E-state index in [1.807, 2.05) is 0 Å². The van der Waals surface area contributed by atoms with Gasteiger partial charge in [-0.1, -0.05) is 60.4 Å². The fourth-order valence-corrected chi connectivity index (χ4v) is 5.60. The zero-order valence-corrected chi connectivity index (χ0v) is 16.5. The molecule has 0 saturated heterocycles. The van der Waals surface area contributed by atoms with E-state index < -0.39 is 0 Å². The second-order valence-corrected chi connectivity index (χ2v) is 8.76. The predicted octanol–water partition coefficient (Wildman–Crippen LogP) is 7.82. The minimum Gasteiger partial charge on any atom is -0.142 e. The zero-order chi connectivity index (χ0) is 18.5. The maximum atomic E-state index is 3.44. The van der Waals surface area contributed by atoms with Gasteiger partial charge >= 0.3 is 0 Å². The molecule has 0 aliphatic heterocycles. The van der Waals surface area contributed by atoms with Gasteiger partial charge in [0.1, 0.15) is 0 Å². The van der Waals surface area contributed by atoms with Crippen molar-refractivity contribution in [2.45, 2.75) is 0 Å². The number of hydrogen-bond acceptors (Lipinski definition) is 2. The second-order valence-electron chi connectivity index (χ2n) is 6.94. The number of thiophene rings is 2. The molecule has 0 saturated carbocycles. The van der Waals surface area contributed by atoms with E-state index in [2.05, 4.69) is 95.4 Å². The minimum absolute atomic E-state index is 1.12. The number of benzene rings is 4. The van der Waals surface area contributed by atoms with Crippen LogP contribution < -0.4 is 0 Å². The Morgan fingerprint density at radius 3 is 1.32 bits per heavy atom. The summed E-state index contributed by atoms with van der Waals surface area (Å²) in [5, 5.41) is 12.0. The molecule has 28 heavy (non-hydrogen) atoms. The van der Waals surface area contributed by atoms with Gasteiger partial charge < -0.3 is 0 Å². The molecule has 6 rings (SSSR count). The Morgan fingerprint density at radius 1 is 0.500 bits per heavy atom. The third-order valence-electron chi connectivity index (χ3n) is 5.22. The Morgan fingerprint density at radius 2 is 0.893 bits per heavy atom. The van der Waals surface area contributed by atoms with Crippen LogP contribution in [-0.4, -0.2) is 0 Å². The quantitative estimate of drug-likeness (QED) is 0.232. The maximum Gasteiger partial charge on any atom is 0.0435 e. The Balaban J connectivity index is 1.50. The maximum absolute atomic E-state index is 3.44. The topological polar surface area (TPSA) is 0 Å². The first kappa shape index (κ1) is 15.9. The van der Waals surface area contributed by atoms with Crippen LogP contribution in [0.1, 0.15) is 11.1 Å². The molecule has 0 N–H and O–H groups in total. The standard InChI is InChI=1S/C26H14S2/c1-3-7-19-13-25-23(11-17(19)5-1)21(15-27-25)9-10-22-16-28-26-14-20-8-4-2-6-18(20)12-24(22)26/h1-8,11-16H. The van der Waals surface area contributed by atoms with Crippen LogP contribution in [0.25, 0.3) is 41.7 Å². The van der Waals surface area contributed by atoms with Crippen LogP contribution in [0.3, 0.4) is 0 Å². The summed E-state index contributed by atoms with van der Waals surface area (Å²) in [5.41, 5.74) is 2.23. The lowest BCUT2D eigenvalue weighted by Gasteiger charge is -1.98. The lowest BCUT2D eigenvalue weighted by molar-refractivity contribution is 1.80. The van der Waals surface area contributed by atoms with Gasteiger partial charge in [0.25, 0.3) is 0 Å². The third kappa shape index (κ3) is 2.52. The van der Waals surface area contributed by atoms with Crippen molar-refractivity contribution < 1.29 is 0 Å². The molecule has 2 heterocycles. The lowest BCUT2D eigenvalue weighted by atomic mass is 10.1. The van der Waals surface area contributed by atoms with Crippen LogP contribution in [0.15, 0.2) is 83.6 Å². The van der Waals surface area contributed by atoms with Crippen molar-refractivity contribution in [2.24, 2.45) is 0 Å². The molecule has 6 aromatic rings. The smallest absolute Gasteiger partial charge is 0.0435 e. The molecule has 0 amide bonds. The number of fused-ring (bicyclic) bond motifs is 4. The Labute approximate surface area is 170 Å². The monoisotopic (exact) mass is 390 g/mol. The molecule has 0 aliphatic rings. The molecule has 0 bridgehead atoms. The van der Waals surface area contributed by atoms with E-state index in [-0.39, 0.29) is 0 Å². The Kier molecular flexibility index (Phi) is 3.52. The van der Waals surface area contributed by atoms with Crippen LogP contribution in [0.5, 0.6) is 0 Å². The fourth-order valence-electron chi connectivity index (χ4n) is 3.75. The third-order valence-corrected chi connectivity index (χ3v) is 7.11. The number of hydrogen-bond donors (Lipinski definition) is 0. The average Bonchev–Trinajstić information content (AvgIpc) is 3.32. The Bertz CT molecular complexity index is 1450. The van der Waals surface area contributed by atoms with Gasteiger partial charge in [-0.2, -0.15) is 0 Å². The summed E-state index contributed by atoms with van der Waals surface area (Å²) in [5.74, 6) is 6.88. The summed E-state index contributed by atoms with van der Waals surface area (Å²) >= 11 is 3.54. The van der Waals surface area contributed by atoms with Gasteiger partial charge in [0.05, 0.1) is 0 Å². The summed E-state index contributed by atoms with van der Waals surface area (Å²) in [6, 6.07) is 26.1. The fraction of sp³-hybridized carbons (Fsp3) is 0. The second kappa shape index (κ2) is 6.21. The van der Waals surface area contributed by atoms with Gasteiger partial charge in [0.2, 0.25) is 0 Å². The van der Waals surface area contributed by atoms with Crippen molar-refractivity contribution in [3.8, 4) is 11.8 Å². The molecule has 4 aromatic carbocycles. The van der Waals surface area contributed by atoms with Gasteiger partial charge in [-0.3, -0.25) is 0 Å². The highest BCUT2D eigenvalue weighted by molar-refractivity contribution is 7.17. The highest BCUT2D eigenvalue weighted by Crippen LogP contribution is 2.32. The van der Waals surface area contributed by atoms with E-state index in [1.165, 1.54) is 41.7 Å². The largest absolute Gasteiger partial charge is 0.142 e. The van der Waals surface area contributed by atoms with Gasteiger partial charge in [-0.15, -0.1) is 22.7 Å². The van der Waals surface area contributed by atoms with Crippen LogP contribution in [0.2, 0.25) is 0 Å². The molecule has 0 radical (unpaired) electrons. The van der Waals surface area contributed by atoms with Crippen LogP contribution in [-0.2, 0) is 0 Å². The molecule has 2 aromatic heterocycles. The molecule has 0 unspecified atom stereocenters. The van der Waals surface area contributed by atoms with E-state index in [4.69, 9.17) is 0 Å². The van der Waals surface area contributed by atoms with E-state index in [9.17, 15) is 0 Å². The summed E-state index contributed by atoms with van der Waals surface area (Å²) in [4.78, 5) is 0. The van der Waals surface area contributed by atoms with Gasteiger partial charge in [0.15, 0.2) is 0 Å². The molecule has 0 spiro atoms. The van der Waals surface area contributed by atoms with Crippen LogP contribution >= 0.6 is 22.7 Å². The highest BCUT2D eigenvalue weighted by Gasteiger charge is 2.06. The van der Waals surface area contributed by atoms with Crippen molar-refractivity contribution >= 4 is 64.4 Å².